The number of anilines is 1. The van der Waals surface area contributed by atoms with E-state index < -0.39 is 0 Å². The predicted octanol–water partition coefficient (Wildman–Crippen LogP) is 5.94. The second kappa shape index (κ2) is 7.86. The minimum Gasteiger partial charge on any atom is -0.279 e. The van der Waals surface area contributed by atoms with Crippen LogP contribution >= 0.6 is 23.4 Å². The SMILES string of the molecule is Clc1ccc(Sc2ccccc2C=NNc2ccccc2)cc1. The molecule has 3 rings (SSSR count). The fourth-order valence-corrected chi connectivity index (χ4v) is 3.04. The molecule has 2 nitrogen and oxygen atoms in total. The molecule has 0 radical (unpaired) electrons. The molecule has 114 valence electrons. The van der Waals surface area contributed by atoms with Crippen LogP contribution in [0, 0.1) is 0 Å². The van der Waals surface area contributed by atoms with Crippen molar-refractivity contribution in [1.82, 2.24) is 0 Å². The first-order chi connectivity index (χ1) is 11.3. The van der Waals surface area contributed by atoms with Gasteiger partial charge in [-0.3, -0.25) is 5.43 Å². The molecule has 0 aliphatic heterocycles. The lowest BCUT2D eigenvalue weighted by atomic mass is 10.2. The number of halogens is 1. The maximum absolute atomic E-state index is 5.93. The summed E-state index contributed by atoms with van der Waals surface area (Å²) in [5.74, 6) is 0. The van der Waals surface area contributed by atoms with E-state index in [1.807, 2.05) is 72.9 Å². The van der Waals surface area contributed by atoms with Crippen LogP contribution in [0.2, 0.25) is 5.02 Å². The van der Waals surface area contributed by atoms with Crippen LogP contribution in [0.15, 0.2) is 93.8 Å². The third-order valence-electron chi connectivity index (χ3n) is 3.13. The molecule has 0 amide bonds. The molecule has 0 heterocycles. The molecule has 0 aliphatic carbocycles. The van der Waals surface area contributed by atoms with Gasteiger partial charge in [-0.2, -0.15) is 5.10 Å². The first-order valence-corrected chi connectivity index (χ1v) is 8.37. The Morgan fingerprint density at radius 1 is 0.826 bits per heavy atom. The van der Waals surface area contributed by atoms with Crippen LogP contribution in [0.3, 0.4) is 0 Å². The molecule has 4 heteroatoms. The van der Waals surface area contributed by atoms with Crippen LogP contribution in [-0.2, 0) is 0 Å². The quantitative estimate of drug-likeness (QED) is 0.460. The Bertz CT molecular complexity index is 786. The molecule has 0 saturated carbocycles. The standard InChI is InChI=1S/C19H15ClN2S/c20-16-10-12-18(13-11-16)23-19-9-5-4-6-15(19)14-21-22-17-7-2-1-3-8-17/h1-14,22H. The van der Waals surface area contributed by atoms with Gasteiger partial charge in [0.25, 0.3) is 0 Å². The minimum atomic E-state index is 0.747. The van der Waals surface area contributed by atoms with E-state index in [4.69, 9.17) is 11.6 Å². The fourth-order valence-electron chi connectivity index (χ4n) is 2.00. The van der Waals surface area contributed by atoms with E-state index in [0.29, 0.717) is 0 Å². The second-order valence-corrected chi connectivity index (χ2v) is 6.38. The van der Waals surface area contributed by atoms with E-state index in [0.717, 1.165) is 26.1 Å². The van der Waals surface area contributed by atoms with E-state index in [1.165, 1.54) is 0 Å². The average molecular weight is 339 g/mol. The van der Waals surface area contributed by atoms with Gasteiger partial charge in [-0.05, 0) is 42.5 Å². The largest absolute Gasteiger partial charge is 0.279 e. The zero-order valence-electron chi connectivity index (χ0n) is 12.3. The van der Waals surface area contributed by atoms with Crippen molar-refractivity contribution in [2.45, 2.75) is 9.79 Å². The summed E-state index contributed by atoms with van der Waals surface area (Å²) in [5.41, 5.74) is 5.06. The van der Waals surface area contributed by atoms with Gasteiger partial charge in [0, 0.05) is 20.4 Å². The third-order valence-corrected chi connectivity index (χ3v) is 4.48. The molecular formula is C19H15ClN2S. The first kappa shape index (κ1) is 15.7. The van der Waals surface area contributed by atoms with Crippen LogP contribution in [0.5, 0.6) is 0 Å². The topological polar surface area (TPSA) is 24.4 Å². The van der Waals surface area contributed by atoms with Gasteiger partial charge >= 0.3 is 0 Å². The Balaban J connectivity index is 1.74. The Labute approximate surface area is 145 Å². The summed E-state index contributed by atoms with van der Waals surface area (Å²) in [5, 5.41) is 5.07. The normalized spacial score (nSPS) is 10.8. The highest BCUT2D eigenvalue weighted by molar-refractivity contribution is 7.99. The number of hydrogen-bond donors (Lipinski definition) is 1. The highest BCUT2D eigenvalue weighted by Crippen LogP contribution is 2.30. The maximum atomic E-state index is 5.93. The number of benzene rings is 3. The number of para-hydroxylation sites is 1. The van der Waals surface area contributed by atoms with Crippen LogP contribution in [-0.4, -0.2) is 6.21 Å². The van der Waals surface area contributed by atoms with Crippen molar-refractivity contribution in [1.29, 1.82) is 0 Å². The molecule has 0 fully saturated rings. The molecular weight excluding hydrogens is 324 g/mol. The lowest BCUT2D eigenvalue weighted by Gasteiger charge is -2.06. The summed E-state index contributed by atoms with van der Waals surface area (Å²) in [6, 6.07) is 25.9. The first-order valence-electron chi connectivity index (χ1n) is 7.18. The molecule has 0 aliphatic rings. The molecule has 0 atom stereocenters. The van der Waals surface area contributed by atoms with Gasteiger partial charge in [-0.1, -0.05) is 59.8 Å². The van der Waals surface area contributed by atoms with Gasteiger partial charge in [0.1, 0.15) is 0 Å². The summed E-state index contributed by atoms with van der Waals surface area (Å²) in [4.78, 5) is 2.29. The summed E-state index contributed by atoms with van der Waals surface area (Å²) in [6.07, 6.45) is 1.84. The van der Waals surface area contributed by atoms with Crippen LogP contribution in [0.1, 0.15) is 5.56 Å². The third kappa shape index (κ3) is 4.62. The van der Waals surface area contributed by atoms with E-state index in [9.17, 15) is 0 Å². The molecule has 3 aromatic carbocycles. The Morgan fingerprint density at radius 2 is 1.52 bits per heavy atom. The number of rotatable bonds is 5. The van der Waals surface area contributed by atoms with E-state index in [2.05, 4.69) is 22.7 Å². The number of nitrogens with zero attached hydrogens (tertiary/aromatic N) is 1. The highest BCUT2D eigenvalue weighted by atomic mass is 35.5. The van der Waals surface area contributed by atoms with Crippen molar-refractivity contribution in [3.05, 3.63) is 89.4 Å². The minimum absolute atomic E-state index is 0.747. The molecule has 1 N–H and O–H groups in total. The lowest BCUT2D eigenvalue weighted by Crippen LogP contribution is -1.91. The summed E-state index contributed by atoms with van der Waals surface area (Å²) in [6.45, 7) is 0. The maximum Gasteiger partial charge on any atom is 0.0561 e. The fraction of sp³-hybridized carbons (Fsp3) is 0. The van der Waals surface area contributed by atoms with Crippen LogP contribution in [0.4, 0.5) is 5.69 Å². The van der Waals surface area contributed by atoms with Crippen molar-refractivity contribution < 1.29 is 0 Å². The van der Waals surface area contributed by atoms with E-state index in [1.54, 1.807) is 11.8 Å². The Kier molecular flexibility index (Phi) is 5.35. The van der Waals surface area contributed by atoms with Gasteiger partial charge in [-0.15, -0.1) is 0 Å². The molecule has 23 heavy (non-hydrogen) atoms. The zero-order valence-corrected chi connectivity index (χ0v) is 13.9. The summed E-state index contributed by atoms with van der Waals surface area (Å²) >= 11 is 7.63. The Morgan fingerprint density at radius 3 is 2.30 bits per heavy atom. The molecule has 3 aromatic rings. The number of hydrazone groups is 1. The molecule has 0 spiro atoms. The lowest BCUT2D eigenvalue weighted by molar-refractivity contribution is 1.33. The van der Waals surface area contributed by atoms with Crippen molar-refractivity contribution >= 4 is 35.3 Å². The second-order valence-electron chi connectivity index (χ2n) is 4.83. The zero-order chi connectivity index (χ0) is 15.9. The van der Waals surface area contributed by atoms with Crippen molar-refractivity contribution in [2.75, 3.05) is 5.43 Å². The van der Waals surface area contributed by atoms with Gasteiger partial charge in [0.15, 0.2) is 0 Å². The highest BCUT2D eigenvalue weighted by Gasteiger charge is 2.02. The summed E-state index contributed by atoms with van der Waals surface area (Å²) < 4.78 is 0. The van der Waals surface area contributed by atoms with Crippen molar-refractivity contribution in [2.24, 2.45) is 5.10 Å². The predicted molar refractivity (Wildman–Crippen MR) is 99.7 cm³/mol. The molecule has 0 bridgehead atoms. The van der Waals surface area contributed by atoms with E-state index in [-0.39, 0.29) is 0 Å². The smallest absolute Gasteiger partial charge is 0.0561 e. The van der Waals surface area contributed by atoms with Crippen molar-refractivity contribution in [3.8, 4) is 0 Å². The van der Waals surface area contributed by atoms with Crippen LogP contribution in [0.25, 0.3) is 0 Å². The van der Waals surface area contributed by atoms with Gasteiger partial charge in [-0.25, -0.2) is 0 Å². The molecule has 0 aromatic heterocycles. The molecule has 0 unspecified atom stereocenters. The summed E-state index contributed by atoms with van der Waals surface area (Å²) in [7, 11) is 0. The van der Waals surface area contributed by atoms with Gasteiger partial charge < -0.3 is 0 Å². The molecule has 0 saturated heterocycles. The van der Waals surface area contributed by atoms with Gasteiger partial charge in [0.05, 0.1) is 11.9 Å². The van der Waals surface area contributed by atoms with Crippen molar-refractivity contribution in [3.63, 3.8) is 0 Å². The van der Waals surface area contributed by atoms with Gasteiger partial charge in [0.2, 0.25) is 0 Å². The monoisotopic (exact) mass is 338 g/mol. The Hall–Kier alpha value is -2.23. The average Bonchev–Trinajstić information content (AvgIpc) is 2.59. The number of nitrogens with one attached hydrogen (secondary N) is 1. The number of hydrogen-bond acceptors (Lipinski definition) is 3. The van der Waals surface area contributed by atoms with E-state index >= 15 is 0 Å². The van der Waals surface area contributed by atoms with Crippen LogP contribution < -0.4 is 5.43 Å².